The van der Waals surface area contributed by atoms with E-state index in [0.717, 1.165) is 33.1 Å². The molecule has 4 rings (SSSR count). The van der Waals surface area contributed by atoms with E-state index in [-0.39, 0.29) is 17.9 Å². The molecule has 164 valence electrons. The first-order valence-electron chi connectivity index (χ1n) is 10.3. The lowest BCUT2D eigenvalue weighted by molar-refractivity contribution is 0.0205. The van der Waals surface area contributed by atoms with Crippen LogP contribution in [-0.2, 0) is 4.74 Å². The number of aryl methyl sites for hydroxylation is 1. The van der Waals surface area contributed by atoms with E-state index in [1.165, 1.54) is 11.3 Å². The summed E-state index contributed by atoms with van der Waals surface area (Å²) in [6, 6.07) is 5.74. The number of nitrogens with one attached hydrogen (secondary N) is 1. The Bertz CT molecular complexity index is 1110. The maximum absolute atomic E-state index is 12.7. The van der Waals surface area contributed by atoms with Gasteiger partial charge in [0.05, 0.1) is 20.2 Å². The Hall–Kier alpha value is -2.52. The van der Waals surface area contributed by atoms with E-state index >= 15 is 0 Å². The Kier molecular flexibility index (Phi) is 5.98. The summed E-state index contributed by atoms with van der Waals surface area (Å²) in [5, 5.41) is 6.67. The molecule has 0 atom stereocenters. The highest BCUT2D eigenvalue weighted by molar-refractivity contribution is 7.18. The molecule has 1 aliphatic heterocycles. The van der Waals surface area contributed by atoms with Gasteiger partial charge < -0.3 is 15.0 Å². The molecule has 31 heavy (non-hydrogen) atoms. The molecule has 3 aromatic rings. The molecule has 0 spiro atoms. The number of hydrogen-bond donors (Lipinski definition) is 1. The van der Waals surface area contributed by atoms with Gasteiger partial charge in [-0.1, -0.05) is 0 Å². The van der Waals surface area contributed by atoms with Crippen molar-refractivity contribution in [2.24, 2.45) is 0 Å². The number of amides is 2. The molecular weight excluding hydrogens is 432 g/mol. The molecule has 1 N–H and O–H groups in total. The van der Waals surface area contributed by atoms with Crippen molar-refractivity contribution >= 4 is 50.6 Å². The van der Waals surface area contributed by atoms with E-state index in [1.807, 2.05) is 45.9 Å². The quantitative estimate of drug-likeness (QED) is 0.566. The second-order valence-corrected chi connectivity index (χ2v) is 10.8. The molecular formula is C22H26N4O3S2. The fraction of sp³-hybridized carbons (Fsp3) is 0.455. The van der Waals surface area contributed by atoms with Crippen molar-refractivity contribution in [1.82, 2.24) is 14.9 Å². The van der Waals surface area contributed by atoms with Crippen LogP contribution in [0.4, 0.5) is 10.5 Å². The molecule has 0 saturated carbocycles. The number of nitrogens with zero attached hydrogens (tertiary/aromatic N) is 3. The van der Waals surface area contributed by atoms with Crippen molar-refractivity contribution in [2.75, 3.05) is 18.4 Å². The third-order valence-electron chi connectivity index (χ3n) is 5.00. The number of hydrogen-bond acceptors (Lipinski definition) is 7. The van der Waals surface area contributed by atoms with Gasteiger partial charge in [-0.2, -0.15) is 0 Å². The molecule has 9 heteroatoms. The Labute approximate surface area is 189 Å². The Morgan fingerprint density at radius 1 is 1.19 bits per heavy atom. The Morgan fingerprint density at radius 2 is 1.94 bits per heavy atom. The van der Waals surface area contributed by atoms with Crippen LogP contribution in [0.2, 0.25) is 0 Å². The van der Waals surface area contributed by atoms with Gasteiger partial charge in [0.25, 0.3) is 5.91 Å². The number of anilines is 1. The zero-order valence-electron chi connectivity index (χ0n) is 18.1. The van der Waals surface area contributed by atoms with Gasteiger partial charge in [0.15, 0.2) is 0 Å². The molecule has 0 unspecified atom stereocenters. The average molecular weight is 459 g/mol. The summed E-state index contributed by atoms with van der Waals surface area (Å²) in [6.45, 7) is 8.85. The molecule has 1 aromatic carbocycles. The van der Waals surface area contributed by atoms with Crippen LogP contribution in [-0.4, -0.2) is 45.6 Å². The van der Waals surface area contributed by atoms with E-state index in [1.54, 1.807) is 21.6 Å². The van der Waals surface area contributed by atoms with Crippen LogP contribution in [0.3, 0.4) is 0 Å². The standard InChI is InChI=1S/C22H26N4O3S2/c1-13-23-16-11-15(5-6-18(16)31-13)24-19(27)17-12-30-20(25-17)14-7-9-26(10-8-14)21(28)29-22(2,3)4/h5-6,11-12,14H,7-10H2,1-4H3,(H,24,27). The summed E-state index contributed by atoms with van der Waals surface area (Å²) < 4.78 is 6.56. The molecule has 1 saturated heterocycles. The van der Waals surface area contributed by atoms with Crippen LogP contribution in [0.5, 0.6) is 0 Å². The minimum Gasteiger partial charge on any atom is -0.444 e. The maximum atomic E-state index is 12.7. The Morgan fingerprint density at radius 3 is 2.65 bits per heavy atom. The second kappa shape index (κ2) is 8.55. The number of benzene rings is 1. The third kappa shape index (κ3) is 5.22. The van der Waals surface area contributed by atoms with Gasteiger partial charge in [0.2, 0.25) is 0 Å². The number of carbonyl (C=O) groups is 2. The number of likely N-dealkylation sites (tertiary alicyclic amines) is 1. The van der Waals surface area contributed by atoms with Crippen molar-refractivity contribution in [3.05, 3.63) is 39.3 Å². The van der Waals surface area contributed by atoms with Gasteiger partial charge in [-0.15, -0.1) is 22.7 Å². The molecule has 2 aromatic heterocycles. The van der Waals surface area contributed by atoms with Gasteiger partial charge in [0.1, 0.15) is 11.3 Å². The summed E-state index contributed by atoms with van der Waals surface area (Å²) in [5.41, 5.74) is 1.53. The first-order valence-corrected chi connectivity index (χ1v) is 12.0. The van der Waals surface area contributed by atoms with Crippen molar-refractivity contribution in [3.8, 4) is 0 Å². The zero-order chi connectivity index (χ0) is 22.2. The minimum absolute atomic E-state index is 0.222. The van der Waals surface area contributed by atoms with Crippen molar-refractivity contribution in [1.29, 1.82) is 0 Å². The third-order valence-corrected chi connectivity index (χ3v) is 6.96. The lowest BCUT2D eigenvalue weighted by Crippen LogP contribution is -2.41. The fourth-order valence-corrected chi connectivity index (χ4v) is 5.31. The lowest BCUT2D eigenvalue weighted by atomic mass is 9.98. The van der Waals surface area contributed by atoms with E-state index < -0.39 is 5.60 Å². The number of piperidine rings is 1. The molecule has 1 fully saturated rings. The van der Waals surface area contributed by atoms with Crippen molar-refractivity contribution < 1.29 is 14.3 Å². The second-order valence-electron chi connectivity index (χ2n) is 8.68. The highest BCUT2D eigenvalue weighted by Gasteiger charge is 2.29. The predicted molar refractivity (Wildman–Crippen MR) is 124 cm³/mol. The zero-order valence-corrected chi connectivity index (χ0v) is 19.7. The van der Waals surface area contributed by atoms with Crippen LogP contribution in [0.1, 0.15) is 60.0 Å². The highest BCUT2D eigenvalue weighted by atomic mass is 32.1. The topological polar surface area (TPSA) is 84.4 Å². The van der Waals surface area contributed by atoms with Crippen molar-refractivity contribution in [2.45, 2.75) is 52.1 Å². The molecule has 1 aliphatic rings. The smallest absolute Gasteiger partial charge is 0.410 e. The molecule has 0 aliphatic carbocycles. The van der Waals surface area contributed by atoms with Gasteiger partial charge in [0, 0.05) is 30.1 Å². The van der Waals surface area contributed by atoms with Crippen LogP contribution in [0.25, 0.3) is 10.2 Å². The van der Waals surface area contributed by atoms with Gasteiger partial charge in [-0.3, -0.25) is 4.79 Å². The highest BCUT2D eigenvalue weighted by Crippen LogP contribution is 2.31. The summed E-state index contributed by atoms with van der Waals surface area (Å²) in [4.78, 5) is 35.7. The predicted octanol–water partition coefficient (Wildman–Crippen LogP) is 5.43. The van der Waals surface area contributed by atoms with Crippen molar-refractivity contribution in [3.63, 3.8) is 0 Å². The molecule has 2 amide bonds. The van der Waals surface area contributed by atoms with E-state index in [4.69, 9.17) is 4.74 Å². The first-order chi connectivity index (χ1) is 14.7. The number of fused-ring (bicyclic) bond motifs is 1. The number of rotatable bonds is 3. The lowest BCUT2D eigenvalue weighted by Gasteiger charge is -2.32. The average Bonchev–Trinajstić information content (AvgIpc) is 3.32. The van der Waals surface area contributed by atoms with Crippen LogP contribution >= 0.6 is 22.7 Å². The van der Waals surface area contributed by atoms with Crippen LogP contribution in [0, 0.1) is 6.92 Å². The van der Waals surface area contributed by atoms with E-state index in [2.05, 4.69) is 15.3 Å². The fourth-order valence-electron chi connectivity index (χ4n) is 3.53. The summed E-state index contributed by atoms with van der Waals surface area (Å²) in [6.07, 6.45) is 1.36. The summed E-state index contributed by atoms with van der Waals surface area (Å²) >= 11 is 3.14. The monoisotopic (exact) mass is 458 g/mol. The molecule has 3 heterocycles. The Balaban J connectivity index is 1.35. The molecule has 0 radical (unpaired) electrons. The first kappa shape index (κ1) is 21.7. The van der Waals surface area contributed by atoms with Gasteiger partial charge >= 0.3 is 6.09 Å². The largest absolute Gasteiger partial charge is 0.444 e. The van der Waals surface area contributed by atoms with E-state index in [9.17, 15) is 9.59 Å². The normalized spacial score (nSPS) is 15.3. The number of aromatic nitrogens is 2. The number of thiazole rings is 2. The minimum atomic E-state index is -0.492. The van der Waals surface area contributed by atoms with Crippen LogP contribution in [0.15, 0.2) is 23.6 Å². The molecule has 0 bridgehead atoms. The van der Waals surface area contributed by atoms with Gasteiger partial charge in [-0.05, 0) is 58.7 Å². The maximum Gasteiger partial charge on any atom is 0.410 e. The van der Waals surface area contributed by atoms with Gasteiger partial charge in [-0.25, -0.2) is 14.8 Å². The number of ether oxygens (including phenoxy) is 1. The van der Waals surface area contributed by atoms with E-state index in [0.29, 0.717) is 24.5 Å². The number of carbonyl (C=O) groups excluding carboxylic acids is 2. The summed E-state index contributed by atoms with van der Waals surface area (Å²) in [5.74, 6) is 0.0274. The van der Waals surface area contributed by atoms with Crippen LogP contribution < -0.4 is 5.32 Å². The molecule has 7 nitrogen and oxygen atoms in total. The SMILES string of the molecule is Cc1nc2cc(NC(=O)c3csc(C4CCN(C(=O)OC(C)(C)C)CC4)n3)ccc2s1. The summed E-state index contributed by atoms with van der Waals surface area (Å²) in [7, 11) is 0.